The maximum Gasteiger partial charge on any atom is 0.323 e. The molecule has 0 radical (unpaired) electrons. The number of amides is 2. The smallest absolute Gasteiger partial charge is 0.323 e. The SMILES string of the molecule is CC(C)COC1CCN(C(=O)Nc2cc(-c3ccsc3)nn2C)C1. The molecule has 2 aromatic rings. The summed E-state index contributed by atoms with van der Waals surface area (Å²) in [6, 6.07) is 3.84. The second-order valence-corrected chi connectivity index (χ2v) is 7.34. The summed E-state index contributed by atoms with van der Waals surface area (Å²) in [6.45, 7) is 6.38. The molecule has 24 heavy (non-hydrogen) atoms. The van der Waals surface area contributed by atoms with Crippen LogP contribution in [0.25, 0.3) is 11.3 Å². The van der Waals surface area contributed by atoms with Gasteiger partial charge in [0.15, 0.2) is 0 Å². The number of carbonyl (C=O) groups excluding carboxylic acids is 1. The van der Waals surface area contributed by atoms with Gasteiger partial charge in [-0.05, 0) is 23.8 Å². The van der Waals surface area contributed by atoms with E-state index in [0.29, 0.717) is 18.3 Å². The Balaban J connectivity index is 1.58. The number of carbonyl (C=O) groups is 1. The molecular weight excluding hydrogens is 324 g/mol. The van der Waals surface area contributed by atoms with Crippen molar-refractivity contribution in [3.05, 3.63) is 22.9 Å². The minimum Gasteiger partial charge on any atom is -0.376 e. The molecule has 0 saturated carbocycles. The van der Waals surface area contributed by atoms with Gasteiger partial charge in [0.05, 0.1) is 11.8 Å². The number of thiophene rings is 1. The highest BCUT2D eigenvalue weighted by molar-refractivity contribution is 7.08. The highest BCUT2D eigenvalue weighted by Crippen LogP contribution is 2.24. The number of hydrogen-bond donors (Lipinski definition) is 1. The fourth-order valence-electron chi connectivity index (χ4n) is 2.70. The molecule has 1 atom stereocenters. The van der Waals surface area contributed by atoms with Crippen LogP contribution in [0.3, 0.4) is 0 Å². The minimum absolute atomic E-state index is 0.0921. The van der Waals surface area contributed by atoms with Crippen LogP contribution in [0.2, 0.25) is 0 Å². The maximum atomic E-state index is 12.5. The summed E-state index contributed by atoms with van der Waals surface area (Å²) in [5.41, 5.74) is 1.94. The van der Waals surface area contributed by atoms with Crippen LogP contribution in [0.5, 0.6) is 0 Å². The Hall–Kier alpha value is -1.86. The van der Waals surface area contributed by atoms with Gasteiger partial charge in [0.1, 0.15) is 5.82 Å². The molecule has 1 saturated heterocycles. The monoisotopic (exact) mass is 348 g/mol. The third-order valence-corrected chi connectivity index (χ3v) is 4.71. The number of anilines is 1. The predicted octanol–water partition coefficient (Wildman–Crippen LogP) is 3.43. The van der Waals surface area contributed by atoms with Crippen molar-refractivity contribution in [3.63, 3.8) is 0 Å². The van der Waals surface area contributed by atoms with Crippen LogP contribution in [0.1, 0.15) is 20.3 Å². The summed E-state index contributed by atoms with van der Waals surface area (Å²) >= 11 is 1.63. The van der Waals surface area contributed by atoms with E-state index in [-0.39, 0.29) is 12.1 Å². The molecule has 1 fully saturated rings. The average Bonchev–Trinajstić information content (AvgIpc) is 3.26. The Morgan fingerprint density at radius 1 is 1.54 bits per heavy atom. The van der Waals surface area contributed by atoms with Crippen molar-refractivity contribution in [2.24, 2.45) is 13.0 Å². The first-order valence-electron chi connectivity index (χ1n) is 8.27. The van der Waals surface area contributed by atoms with Crippen molar-refractivity contribution in [2.75, 3.05) is 25.0 Å². The zero-order valence-corrected chi connectivity index (χ0v) is 15.2. The standard InChI is InChI=1S/C17H24N4O2S/c1-12(2)10-23-14-4-6-21(9-14)17(22)18-16-8-15(19-20(16)3)13-5-7-24-11-13/h5,7-8,11-12,14H,4,6,9-10H2,1-3H3,(H,18,22). The molecule has 0 bridgehead atoms. The van der Waals surface area contributed by atoms with Crippen molar-refractivity contribution in [1.29, 1.82) is 0 Å². The van der Waals surface area contributed by atoms with Crippen LogP contribution >= 0.6 is 11.3 Å². The van der Waals surface area contributed by atoms with Crippen molar-refractivity contribution >= 4 is 23.2 Å². The van der Waals surface area contributed by atoms with Crippen LogP contribution in [0.4, 0.5) is 10.6 Å². The van der Waals surface area contributed by atoms with E-state index in [0.717, 1.165) is 30.8 Å². The quantitative estimate of drug-likeness (QED) is 0.900. The van der Waals surface area contributed by atoms with Crippen LogP contribution in [-0.2, 0) is 11.8 Å². The van der Waals surface area contributed by atoms with Crippen LogP contribution in [-0.4, -0.2) is 46.5 Å². The molecule has 1 N–H and O–H groups in total. The van der Waals surface area contributed by atoms with E-state index in [9.17, 15) is 4.79 Å². The Bertz CT molecular complexity index is 681. The molecule has 0 aliphatic carbocycles. The summed E-state index contributed by atoms with van der Waals surface area (Å²) in [7, 11) is 1.84. The normalized spacial score (nSPS) is 17.7. The first-order valence-corrected chi connectivity index (χ1v) is 9.21. The van der Waals surface area contributed by atoms with Gasteiger partial charge in [-0.2, -0.15) is 16.4 Å². The fraction of sp³-hybridized carbons (Fsp3) is 0.529. The summed E-state index contributed by atoms with van der Waals surface area (Å²) in [5.74, 6) is 1.21. The topological polar surface area (TPSA) is 59.4 Å². The van der Waals surface area contributed by atoms with E-state index in [4.69, 9.17) is 4.74 Å². The molecule has 6 nitrogen and oxygen atoms in total. The van der Waals surface area contributed by atoms with Gasteiger partial charge in [0, 0.05) is 43.8 Å². The van der Waals surface area contributed by atoms with Crippen molar-refractivity contribution < 1.29 is 9.53 Å². The highest BCUT2D eigenvalue weighted by Gasteiger charge is 2.27. The fourth-order valence-corrected chi connectivity index (χ4v) is 3.35. The molecule has 2 aromatic heterocycles. The number of aryl methyl sites for hydroxylation is 1. The van der Waals surface area contributed by atoms with Crippen molar-refractivity contribution in [2.45, 2.75) is 26.4 Å². The lowest BCUT2D eigenvalue weighted by atomic mass is 10.2. The molecule has 7 heteroatoms. The average molecular weight is 348 g/mol. The lowest BCUT2D eigenvalue weighted by Crippen LogP contribution is -2.34. The zero-order chi connectivity index (χ0) is 17.1. The molecule has 1 aliphatic rings. The number of hydrogen-bond acceptors (Lipinski definition) is 4. The number of nitrogens with one attached hydrogen (secondary N) is 1. The van der Waals surface area contributed by atoms with E-state index in [1.54, 1.807) is 16.0 Å². The molecule has 0 spiro atoms. The van der Waals surface area contributed by atoms with E-state index in [1.165, 1.54) is 0 Å². The molecule has 3 rings (SSSR count). The lowest BCUT2D eigenvalue weighted by molar-refractivity contribution is 0.0440. The highest BCUT2D eigenvalue weighted by atomic mass is 32.1. The van der Waals surface area contributed by atoms with E-state index in [2.05, 4.69) is 24.3 Å². The van der Waals surface area contributed by atoms with Gasteiger partial charge < -0.3 is 9.64 Å². The van der Waals surface area contributed by atoms with Gasteiger partial charge in [0.2, 0.25) is 0 Å². The predicted molar refractivity (Wildman–Crippen MR) is 96.3 cm³/mol. The Morgan fingerprint density at radius 2 is 2.38 bits per heavy atom. The molecule has 130 valence electrons. The number of rotatable bonds is 5. The lowest BCUT2D eigenvalue weighted by Gasteiger charge is -2.18. The van der Waals surface area contributed by atoms with E-state index < -0.39 is 0 Å². The third-order valence-electron chi connectivity index (χ3n) is 4.03. The number of likely N-dealkylation sites (tertiary alicyclic amines) is 1. The van der Waals surface area contributed by atoms with Crippen LogP contribution in [0, 0.1) is 5.92 Å². The van der Waals surface area contributed by atoms with Gasteiger partial charge in [0.25, 0.3) is 0 Å². The Morgan fingerprint density at radius 3 is 3.08 bits per heavy atom. The summed E-state index contributed by atoms with van der Waals surface area (Å²) in [4.78, 5) is 14.3. The van der Waals surface area contributed by atoms with Crippen molar-refractivity contribution in [1.82, 2.24) is 14.7 Å². The van der Waals surface area contributed by atoms with Gasteiger partial charge in [-0.3, -0.25) is 10.00 Å². The Kier molecular flexibility index (Phi) is 5.20. The van der Waals surface area contributed by atoms with Gasteiger partial charge >= 0.3 is 6.03 Å². The number of urea groups is 1. The van der Waals surface area contributed by atoms with Crippen LogP contribution < -0.4 is 5.32 Å². The first-order chi connectivity index (χ1) is 11.5. The largest absolute Gasteiger partial charge is 0.376 e. The summed E-state index contributed by atoms with van der Waals surface area (Å²) < 4.78 is 7.54. The van der Waals surface area contributed by atoms with Crippen molar-refractivity contribution in [3.8, 4) is 11.3 Å². The van der Waals surface area contributed by atoms with Gasteiger partial charge in [-0.15, -0.1) is 0 Å². The summed E-state index contributed by atoms with van der Waals surface area (Å²) in [6.07, 6.45) is 1.04. The minimum atomic E-state index is -0.0921. The second kappa shape index (κ2) is 7.36. The molecule has 3 heterocycles. The molecule has 0 aromatic carbocycles. The molecule has 1 unspecified atom stereocenters. The number of nitrogens with zero attached hydrogens (tertiary/aromatic N) is 3. The second-order valence-electron chi connectivity index (χ2n) is 6.56. The van der Waals surface area contributed by atoms with Crippen LogP contribution in [0.15, 0.2) is 22.9 Å². The maximum absolute atomic E-state index is 12.5. The molecule has 2 amide bonds. The number of aromatic nitrogens is 2. The van der Waals surface area contributed by atoms with E-state index >= 15 is 0 Å². The third kappa shape index (κ3) is 3.96. The van der Waals surface area contributed by atoms with Gasteiger partial charge in [-0.25, -0.2) is 4.79 Å². The molecule has 1 aliphatic heterocycles. The number of ether oxygens (including phenoxy) is 1. The summed E-state index contributed by atoms with van der Waals surface area (Å²) in [5, 5.41) is 11.5. The Labute approximate surface area is 146 Å². The van der Waals surface area contributed by atoms with Gasteiger partial charge in [-0.1, -0.05) is 13.8 Å². The zero-order valence-electron chi connectivity index (χ0n) is 14.4. The first kappa shape index (κ1) is 17.0. The molecular formula is C17H24N4O2S. The van der Waals surface area contributed by atoms with E-state index in [1.807, 2.05) is 34.8 Å².